The maximum Gasteiger partial charge on any atom is 0.271 e. The molecule has 4 rings (SSSR count). The molecule has 3 heterocycles. The lowest BCUT2D eigenvalue weighted by Gasteiger charge is -2.29. The summed E-state index contributed by atoms with van der Waals surface area (Å²) >= 11 is 5.00. The summed E-state index contributed by atoms with van der Waals surface area (Å²) in [6, 6.07) is 7.98. The SMILES string of the molecule is CC1(C)Cc2sc3c(=O)n(Cc4ccc(Br)cc4)cnc3c2CO1. The van der Waals surface area contributed by atoms with Gasteiger partial charge < -0.3 is 4.74 Å². The van der Waals surface area contributed by atoms with Gasteiger partial charge >= 0.3 is 0 Å². The van der Waals surface area contributed by atoms with Gasteiger partial charge in [-0.3, -0.25) is 9.36 Å². The minimum absolute atomic E-state index is 0.0279. The van der Waals surface area contributed by atoms with E-state index >= 15 is 0 Å². The fraction of sp³-hybridized carbons (Fsp3) is 0.333. The molecule has 0 unspecified atom stereocenters. The Morgan fingerprint density at radius 1 is 1.33 bits per heavy atom. The quantitative estimate of drug-likeness (QED) is 0.644. The van der Waals surface area contributed by atoms with E-state index in [0.717, 1.165) is 32.2 Å². The normalized spacial score (nSPS) is 16.3. The molecule has 0 fully saturated rings. The number of fused-ring (bicyclic) bond motifs is 3. The van der Waals surface area contributed by atoms with Crippen molar-refractivity contribution in [2.75, 3.05) is 0 Å². The molecule has 0 N–H and O–H groups in total. The Balaban J connectivity index is 1.76. The van der Waals surface area contributed by atoms with Crippen LogP contribution in [0.4, 0.5) is 0 Å². The Morgan fingerprint density at radius 2 is 2.08 bits per heavy atom. The van der Waals surface area contributed by atoms with Gasteiger partial charge in [-0.25, -0.2) is 4.98 Å². The molecular formula is C18H17BrN2O2S. The fourth-order valence-electron chi connectivity index (χ4n) is 2.99. The van der Waals surface area contributed by atoms with Gasteiger partial charge in [0.15, 0.2) is 0 Å². The first-order valence-corrected chi connectivity index (χ1v) is 9.42. The average Bonchev–Trinajstić information content (AvgIpc) is 2.89. The lowest BCUT2D eigenvalue weighted by atomic mass is 9.98. The number of thiophene rings is 1. The number of nitrogens with zero attached hydrogens (tertiary/aromatic N) is 2. The standard InChI is InChI=1S/C18H17BrN2O2S/c1-18(2)7-14-13(9-23-18)15-16(24-14)17(22)21(10-20-15)8-11-3-5-12(19)6-4-11/h3-6,10H,7-9H2,1-2H3. The molecule has 24 heavy (non-hydrogen) atoms. The third-order valence-corrected chi connectivity index (χ3v) is 6.04. The molecule has 0 saturated carbocycles. The molecule has 1 aromatic carbocycles. The zero-order chi connectivity index (χ0) is 16.9. The molecule has 0 aliphatic carbocycles. The van der Waals surface area contributed by atoms with E-state index in [1.165, 1.54) is 4.88 Å². The zero-order valence-electron chi connectivity index (χ0n) is 13.5. The van der Waals surface area contributed by atoms with Crippen molar-refractivity contribution < 1.29 is 4.74 Å². The van der Waals surface area contributed by atoms with E-state index in [4.69, 9.17) is 4.74 Å². The van der Waals surface area contributed by atoms with Gasteiger partial charge in [-0.1, -0.05) is 28.1 Å². The first-order valence-electron chi connectivity index (χ1n) is 7.81. The van der Waals surface area contributed by atoms with Crippen molar-refractivity contribution >= 4 is 37.5 Å². The molecular weight excluding hydrogens is 388 g/mol. The third-order valence-electron chi connectivity index (χ3n) is 4.30. The van der Waals surface area contributed by atoms with Crippen LogP contribution in [-0.2, 0) is 24.3 Å². The number of benzene rings is 1. The summed E-state index contributed by atoms with van der Waals surface area (Å²) in [4.78, 5) is 18.7. The van der Waals surface area contributed by atoms with Crippen LogP contribution in [-0.4, -0.2) is 15.2 Å². The van der Waals surface area contributed by atoms with Crippen LogP contribution in [0.15, 0.2) is 39.9 Å². The van der Waals surface area contributed by atoms with Crippen LogP contribution in [0.5, 0.6) is 0 Å². The van der Waals surface area contributed by atoms with Gasteiger partial charge in [0.25, 0.3) is 5.56 Å². The van der Waals surface area contributed by atoms with E-state index in [1.807, 2.05) is 24.3 Å². The highest BCUT2D eigenvalue weighted by Crippen LogP contribution is 2.36. The lowest BCUT2D eigenvalue weighted by Crippen LogP contribution is -2.30. The smallest absolute Gasteiger partial charge is 0.271 e. The van der Waals surface area contributed by atoms with E-state index in [-0.39, 0.29) is 11.2 Å². The molecule has 0 amide bonds. The summed E-state index contributed by atoms with van der Waals surface area (Å²) in [6.07, 6.45) is 2.48. The monoisotopic (exact) mass is 404 g/mol. The Hall–Kier alpha value is -1.50. The van der Waals surface area contributed by atoms with Gasteiger partial charge in [-0.2, -0.15) is 0 Å². The molecule has 0 spiro atoms. The van der Waals surface area contributed by atoms with E-state index in [0.29, 0.717) is 13.2 Å². The van der Waals surface area contributed by atoms with Crippen LogP contribution in [0.3, 0.4) is 0 Å². The highest BCUT2D eigenvalue weighted by atomic mass is 79.9. The van der Waals surface area contributed by atoms with Crippen LogP contribution in [0.25, 0.3) is 10.2 Å². The second-order valence-corrected chi connectivity index (χ2v) is 8.73. The van der Waals surface area contributed by atoms with E-state index in [1.54, 1.807) is 22.2 Å². The van der Waals surface area contributed by atoms with Crippen LogP contribution in [0.1, 0.15) is 29.9 Å². The van der Waals surface area contributed by atoms with Crippen molar-refractivity contribution in [1.82, 2.24) is 9.55 Å². The second-order valence-electron chi connectivity index (χ2n) is 6.71. The Labute approximate surface area is 152 Å². The van der Waals surface area contributed by atoms with Crippen molar-refractivity contribution in [1.29, 1.82) is 0 Å². The van der Waals surface area contributed by atoms with E-state index in [9.17, 15) is 4.79 Å². The zero-order valence-corrected chi connectivity index (χ0v) is 15.9. The summed E-state index contributed by atoms with van der Waals surface area (Å²) in [7, 11) is 0. The second kappa shape index (κ2) is 5.79. The Bertz CT molecular complexity index is 973. The van der Waals surface area contributed by atoms with Crippen molar-refractivity contribution in [3.8, 4) is 0 Å². The predicted octanol–water partition coefficient (Wildman–Crippen LogP) is 4.12. The number of hydrogen-bond acceptors (Lipinski definition) is 4. The van der Waals surface area contributed by atoms with Gasteiger partial charge in [0.1, 0.15) is 4.70 Å². The number of aromatic nitrogens is 2. The molecule has 0 bridgehead atoms. The minimum atomic E-state index is -0.176. The molecule has 0 radical (unpaired) electrons. The largest absolute Gasteiger partial charge is 0.370 e. The molecule has 2 aromatic heterocycles. The molecule has 1 aliphatic rings. The Kier molecular flexibility index (Phi) is 3.86. The molecule has 0 saturated heterocycles. The fourth-order valence-corrected chi connectivity index (χ4v) is 4.68. The summed E-state index contributed by atoms with van der Waals surface area (Å²) < 4.78 is 9.33. The number of ether oxygens (including phenoxy) is 1. The van der Waals surface area contributed by atoms with Crippen LogP contribution < -0.4 is 5.56 Å². The molecule has 6 heteroatoms. The summed E-state index contributed by atoms with van der Waals surface area (Å²) in [5, 5.41) is 0. The van der Waals surface area contributed by atoms with Gasteiger partial charge in [-0.15, -0.1) is 11.3 Å². The summed E-state index contributed by atoms with van der Waals surface area (Å²) in [6.45, 7) is 5.23. The Morgan fingerprint density at radius 3 is 2.83 bits per heavy atom. The first-order chi connectivity index (χ1) is 11.4. The maximum atomic E-state index is 12.9. The molecule has 4 nitrogen and oxygen atoms in total. The maximum absolute atomic E-state index is 12.9. The van der Waals surface area contributed by atoms with Gasteiger partial charge in [0.05, 0.1) is 30.6 Å². The minimum Gasteiger partial charge on any atom is -0.370 e. The highest BCUT2D eigenvalue weighted by molar-refractivity contribution is 9.10. The molecule has 0 atom stereocenters. The van der Waals surface area contributed by atoms with E-state index in [2.05, 4.69) is 34.8 Å². The van der Waals surface area contributed by atoms with Crippen molar-refractivity contribution in [3.63, 3.8) is 0 Å². The highest BCUT2D eigenvalue weighted by Gasteiger charge is 2.30. The molecule has 1 aliphatic heterocycles. The van der Waals surface area contributed by atoms with Crippen LogP contribution in [0.2, 0.25) is 0 Å². The summed E-state index contributed by atoms with van der Waals surface area (Å²) in [5.74, 6) is 0. The predicted molar refractivity (Wildman–Crippen MR) is 99.7 cm³/mol. The number of halogens is 1. The topological polar surface area (TPSA) is 44.1 Å². The average molecular weight is 405 g/mol. The van der Waals surface area contributed by atoms with Crippen LogP contribution >= 0.6 is 27.3 Å². The van der Waals surface area contributed by atoms with Crippen molar-refractivity contribution in [2.24, 2.45) is 0 Å². The van der Waals surface area contributed by atoms with Crippen molar-refractivity contribution in [3.05, 3.63) is 61.4 Å². The van der Waals surface area contributed by atoms with Gasteiger partial charge in [-0.05, 0) is 31.5 Å². The van der Waals surface area contributed by atoms with Crippen molar-refractivity contribution in [2.45, 2.75) is 39.0 Å². The third kappa shape index (κ3) is 2.83. The molecule has 124 valence electrons. The summed E-state index contributed by atoms with van der Waals surface area (Å²) in [5.41, 5.74) is 2.82. The first kappa shape index (κ1) is 16.0. The van der Waals surface area contributed by atoms with E-state index < -0.39 is 0 Å². The number of rotatable bonds is 2. The number of hydrogen-bond donors (Lipinski definition) is 0. The molecule has 3 aromatic rings. The van der Waals surface area contributed by atoms with Gasteiger partial charge in [0, 0.05) is 21.3 Å². The van der Waals surface area contributed by atoms with Gasteiger partial charge in [0.2, 0.25) is 0 Å². The lowest BCUT2D eigenvalue weighted by molar-refractivity contribution is -0.0383. The van der Waals surface area contributed by atoms with Crippen LogP contribution in [0, 0.1) is 0 Å².